The Kier molecular flexibility index (Phi) is 6.87. The first-order valence-electron chi connectivity index (χ1n) is 9.59. The van der Waals surface area contributed by atoms with E-state index in [9.17, 15) is 18.3 Å². The highest BCUT2D eigenvalue weighted by Crippen LogP contribution is 2.27. The first-order valence-corrected chi connectivity index (χ1v) is 11.1. The van der Waals surface area contributed by atoms with Crippen LogP contribution >= 0.6 is 0 Å². The summed E-state index contributed by atoms with van der Waals surface area (Å²) in [5, 5.41) is 12.5. The Morgan fingerprint density at radius 2 is 1.60 bits per heavy atom. The molecule has 0 aliphatic heterocycles. The van der Waals surface area contributed by atoms with Gasteiger partial charge in [0.15, 0.2) is 0 Å². The second-order valence-corrected chi connectivity index (χ2v) is 8.66. The molecule has 3 aromatic carbocycles. The molecular formula is C23H24N2O4S. The lowest BCUT2D eigenvalue weighted by atomic mass is 10.1. The molecule has 0 bridgehead atoms. The molecule has 0 aliphatic rings. The summed E-state index contributed by atoms with van der Waals surface area (Å²) in [6, 6.07) is 23.1. The van der Waals surface area contributed by atoms with Crippen molar-refractivity contribution in [3.63, 3.8) is 0 Å². The van der Waals surface area contributed by atoms with E-state index in [4.69, 9.17) is 0 Å². The molecule has 156 valence electrons. The van der Waals surface area contributed by atoms with Gasteiger partial charge in [-0.15, -0.1) is 0 Å². The number of sulfonamides is 1. The van der Waals surface area contributed by atoms with Gasteiger partial charge in [-0.3, -0.25) is 0 Å². The Labute approximate surface area is 176 Å². The highest BCUT2D eigenvalue weighted by molar-refractivity contribution is 7.89. The van der Waals surface area contributed by atoms with Gasteiger partial charge in [0, 0.05) is 12.6 Å². The summed E-state index contributed by atoms with van der Waals surface area (Å²) in [5.41, 5.74) is 2.26. The summed E-state index contributed by atoms with van der Waals surface area (Å²) in [7, 11) is -3.92. The van der Waals surface area contributed by atoms with Crippen molar-refractivity contribution >= 4 is 21.7 Å². The number of hydrogen-bond acceptors (Lipinski definition) is 4. The van der Waals surface area contributed by atoms with Crippen molar-refractivity contribution in [1.29, 1.82) is 0 Å². The van der Waals surface area contributed by atoms with Crippen LogP contribution < -0.4 is 10.0 Å². The van der Waals surface area contributed by atoms with Gasteiger partial charge < -0.3 is 10.4 Å². The third-order valence-corrected chi connectivity index (χ3v) is 6.24. The van der Waals surface area contributed by atoms with E-state index in [0.717, 1.165) is 11.1 Å². The normalized spacial score (nSPS) is 12.3. The predicted molar refractivity (Wildman–Crippen MR) is 117 cm³/mol. The van der Waals surface area contributed by atoms with E-state index in [1.54, 1.807) is 0 Å². The summed E-state index contributed by atoms with van der Waals surface area (Å²) in [4.78, 5) is 11.3. The van der Waals surface area contributed by atoms with Crippen molar-refractivity contribution in [2.75, 3.05) is 11.9 Å². The smallest absolute Gasteiger partial charge is 0.335 e. The average Bonchev–Trinajstić information content (AvgIpc) is 2.75. The molecule has 0 aromatic heterocycles. The lowest BCUT2D eigenvalue weighted by Gasteiger charge is -2.19. The zero-order chi connectivity index (χ0) is 21.6. The van der Waals surface area contributed by atoms with Gasteiger partial charge in [0.05, 0.1) is 11.3 Å². The standard InChI is InChI=1S/C23H24N2O4S/c1-17(19-10-6-3-7-11-19)25-21-13-12-20(23(26)27)16-22(21)30(28,29)24-15-14-18-8-4-2-5-9-18/h2-13,16-17,24-25H,14-15H2,1H3,(H,26,27)/t17-/m0/s1. The Morgan fingerprint density at radius 3 is 2.23 bits per heavy atom. The van der Waals surface area contributed by atoms with Crippen molar-refractivity contribution < 1.29 is 18.3 Å². The molecule has 0 saturated heterocycles. The highest BCUT2D eigenvalue weighted by atomic mass is 32.2. The maximum absolute atomic E-state index is 13.0. The molecule has 0 fully saturated rings. The summed E-state index contributed by atoms with van der Waals surface area (Å²) in [6.45, 7) is 2.12. The van der Waals surface area contributed by atoms with Crippen LogP contribution in [0, 0.1) is 0 Å². The zero-order valence-corrected chi connectivity index (χ0v) is 17.4. The Hall–Kier alpha value is -3.16. The van der Waals surface area contributed by atoms with Crippen LogP contribution in [0.1, 0.15) is 34.5 Å². The van der Waals surface area contributed by atoms with Crippen LogP contribution in [-0.2, 0) is 16.4 Å². The largest absolute Gasteiger partial charge is 0.478 e. The number of nitrogens with one attached hydrogen (secondary N) is 2. The molecule has 3 rings (SSSR count). The van der Waals surface area contributed by atoms with Crippen LogP contribution in [0.25, 0.3) is 0 Å². The minimum absolute atomic E-state index is 0.0850. The summed E-state index contributed by atoms with van der Waals surface area (Å²) in [6.07, 6.45) is 0.530. The molecule has 6 nitrogen and oxygen atoms in total. The van der Waals surface area contributed by atoms with Gasteiger partial charge in [-0.1, -0.05) is 60.7 Å². The molecule has 0 radical (unpaired) electrons. The number of carboxylic acid groups (broad SMARTS) is 1. The molecule has 0 unspecified atom stereocenters. The van der Waals surface area contributed by atoms with E-state index >= 15 is 0 Å². The topological polar surface area (TPSA) is 95.5 Å². The van der Waals surface area contributed by atoms with E-state index in [1.807, 2.05) is 67.6 Å². The van der Waals surface area contributed by atoms with Crippen LogP contribution in [-0.4, -0.2) is 26.0 Å². The Morgan fingerprint density at radius 1 is 0.967 bits per heavy atom. The maximum atomic E-state index is 13.0. The number of benzene rings is 3. The van der Waals surface area contributed by atoms with Gasteiger partial charge in [-0.2, -0.15) is 0 Å². The highest BCUT2D eigenvalue weighted by Gasteiger charge is 2.22. The molecule has 1 atom stereocenters. The number of aromatic carboxylic acids is 1. The van der Waals surface area contributed by atoms with Crippen molar-refractivity contribution in [2.24, 2.45) is 0 Å². The lowest BCUT2D eigenvalue weighted by molar-refractivity contribution is 0.0696. The lowest BCUT2D eigenvalue weighted by Crippen LogP contribution is -2.27. The number of carbonyl (C=O) groups is 1. The second-order valence-electron chi connectivity index (χ2n) is 6.93. The van der Waals surface area contributed by atoms with Crippen LogP contribution in [0.4, 0.5) is 5.69 Å². The van der Waals surface area contributed by atoms with Crippen molar-refractivity contribution in [1.82, 2.24) is 4.72 Å². The monoisotopic (exact) mass is 424 g/mol. The quantitative estimate of drug-likeness (QED) is 0.481. The average molecular weight is 425 g/mol. The number of anilines is 1. The molecule has 0 amide bonds. The van der Waals surface area contributed by atoms with E-state index in [-0.39, 0.29) is 23.0 Å². The molecule has 3 N–H and O–H groups in total. The van der Waals surface area contributed by atoms with E-state index in [0.29, 0.717) is 12.1 Å². The molecule has 0 spiro atoms. The zero-order valence-electron chi connectivity index (χ0n) is 16.6. The second kappa shape index (κ2) is 9.56. The van der Waals surface area contributed by atoms with Crippen LogP contribution in [0.15, 0.2) is 83.8 Å². The molecule has 3 aromatic rings. The van der Waals surface area contributed by atoms with E-state index in [1.165, 1.54) is 18.2 Å². The molecule has 0 aliphatic carbocycles. The minimum Gasteiger partial charge on any atom is -0.478 e. The third-order valence-electron chi connectivity index (χ3n) is 4.74. The first-order chi connectivity index (χ1) is 14.4. The predicted octanol–water partition coefficient (Wildman–Crippen LogP) is 4.08. The number of rotatable bonds is 9. The maximum Gasteiger partial charge on any atom is 0.335 e. The van der Waals surface area contributed by atoms with Gasteiger partial charge in [-0.05, 0) is 42.7 Å². The van der Waals surface area contributed by atoms with Crippen LogP contribution in [0.3, 0.4) is 0 Å². The molecule has 0 heterocycles. The van der Waals surface area contributed by atoms with Gasteiger partial charge in [0.1, 0.15) is 4.90 Å². The van der Waals surface area contributed by atoms with Crippen LogP contribution in [0.2, 0.25) is 0 Å². The van der Waals surface area contributed by atoms with Crippen molar-refractivity contribution in [2.45, 2.75) is 24.3 Å². The van der Waals surface area contributed by atoms with Crippen molar-refractivity contribution in [3.05, 3.63) is 95.6 Å². The fourth-order valence-electron chi connectivity index (χ4n) is 3.11. The van der Waals surface area contributed by atoms with Crippen LogP contribution in [0.5, 0.6) is 0 Å². The summed E-state index contributed by atoms with van der Waals surface area (Å²) >= 11 is 0. The first kappa shape index (κ1) is 21.5. The van der Waals surface area contributed by atoms with E-state index in [2.05, 4.69) is 10.0 Å². The Bertz CT molecular complexity index is 1100. The van der Waals surface area contributed by atoms with Gasteiger partial charge >= 0.3 is 5.97 Å². The summed E-state index contributed by atoms with van der Waals surface area (Å²) in [5.74, 6) is -1.18. The number of hydrogen-bond donors (Lipinski definition) is 3. The van der Waals surface area contributed by atoms with Gasteiger partial charge in [0.2, 0.25) is 10.0 Å². The SMILES string of the molecule is C[C@H](Nc1ccc(C(=O)O)cc1S(=O)(=O)NCCc1ccccc1)c1ccccc1. The summed E-state index contributed by atoms with van der Waals surface area (Å²) < 4.78 is 28.6. The number of carboxylic acids is 1. The minimum atomic E-state index is -3.92. The fourth-order valence-corrected chi connectivity index (χ4v) is 4.33. The molecule has 30 heavy (non-hydrogen) atoms. The third kappa shape index (κ3) is 5.46. The molecule has 0 saturated carbocycles. The fraction of sp³-hybridized carbons (Fsp3) is 0.174. The molecular weight excluding hydrogens is 400 g/mol. The van der Waals surface area contributed by atoms with Gasteiger partial charge in [0.25, 0.3) is 0 Å². The van der Waals surface area contributed by atoms with Crippen molar-refractivity contribution in [3.8, 4) is 0 Å². The van der Waals surface area contributed by atoms with Gasteiger partial charge in [-0.25, -0.2) is 17.9 Å². The van der Waals surface area contributed by atoms with E-state index < -0.39 is 16.0 Å². The Balaban J connectivity index is 1.84. The molecule has 7 heteroatoms.